The molecule has 0 radical (unpaired) electrons. The van der Waals surface area contributed by atoms with Gasteiger partial charge in [0.25, 0.3) is 0 Å². The summed E-state index contributed by atoms with van der Waals surface area (Å²) in [7, 11) is 0. The summed E-state index contributed by atoms with van der Waals surface area (Å²) in [6, 6.07) is 0. The van der Waals surface area contributed by atoms with E-state index in [0.717, 1.165) is 19.4 Å². The molecule has 1 saturated carbocycles. The molecule has 1 rings (SSSR count). The van der Waals surface area contributed by atoms with Crippen molar-refractivity contribution in [1.82, 2.24) is 5.32 Å². The summed E-state index contributed by atoms with van der Waals surface area (Å²) < 4.78 is 5.34. The van der Waals surface area contributed by atoms with E-state index >= 15 is 0 Å². The SMILES string of the molecule is CC(C)COCCNC1(C(=O)O)CC1. The second kappa shape index (κ2) is 4.75. The molecule has 0 aromatic heterocycles. The molecular formula is C10H19NO3. The lowest BCUT2D eigenvalue weighted by molar-refractivity contribution is -0.140. The third-order valence-corrected chi connectivity index (χ3v) is 2.32. The van der Waals surface area contributed by atoms with Crippen LogP contribution < -0.4 is 5.32 Å². The van der Waals surface area contributed by atoms with Crippen LogP contribution in [0.25, 0.3) is 0 Å². The standard InChI is InChI=1S/C10H19NO3/c1-8(2)7-14-6-5-11-10(3-4-10)9(12)13/h8,11H,3-7H2,1-2H3,(H,12,13). The van der Waals surface area contributed by atoms with E-state index in [0.29, 0.717) is 19.1 Å². The minimum atomic E-state index is -0.735. The van der Waals surface area contributed by atoms with Crippen LogP contribution >= 0.6 is 0 Å². The van der Waals surface area contributed by atoms with Gasteiger partial charge in [-0.05, 0) is 18.8 Å². The molecule has 14 heavy (non-hydrogen) atoms. The van der Waals surface area contributed by atoms with Crippen LogP contribution in [0.5, 0.6) is 0 Å². The van der Waals surface area contributed by atoms with Crippen LogP contribution in [0, 0.1) is 5.92 Å². The molecule has 0 heterocycles. The lowest BCUT2D eigenvalue weighted by Crippen LogP contribution is -2.40. The Balaban J connectivity index is 2.02. The molecule has 1 aliphatic rings. The lowest BCUT2D eigenvalue weighted by atomic mass is 10.2. The van der Waals surface area contributed by atoms with Crippen molar-refractivity contribution in [1.29, 1.82) is 0 Å². The number of carbonyl (C=O) groups is 1. The summed E-state index contributed by atoms with van der Waals surface area (Å²) in [5.41, 5.74) is -0.624. The average molecular weight is 201 g/mol. The Kier molecular flexibility index (Phi) is 3.89. The first-order valence-corrected chi connectivity index (χ1v) is 5.13. The Hall–Kier alpha value is -0.610. The van der Waals surface area contributed by atoms with Gasteiger partial charge in [-0.3, -0.25) is 10.1 Å². The van der Waals surface area contributed by atoms with E-state index in [2.05, 4.69) is 19.2 Å². The number of hydrogen-bond acceptors (Lipinski definition) is 3. The van der Waals surface area contributed by atoms with Crippen LogP contribution in [0.1, 0.15) is 26.7 Å². The Labute approximate surface area is 84.6 Å². The third kappa shape index (κ3) is 3.27. The Morgan fingerprint density at radius 1 is 1.57 bits per heavy atom. The summed E-state index contributed by atoms with van der Waals surface area (Å²) in [4.78, 5) is 10.8. The molecule has 1 aliphatic carbocycles. The topological polar surface area (TPSA) is 58.6 Å². The Morgan fingerprint density at radius 2 is 2.21 bits per heavy atom. The highest BCUT2D eigenvalue weighted by Gasteiger charge is 2.49. The zero-order valence-electron chi connectivity index (χ0n) is 8.88. The van der Waals surface area contributed by atoms with E-state index in [4.69, 9.17) is 9.84 Å². The van der Waals surface area contributed by atoms with Gasteiger partial charge in [-0.1, -0.05) is 13.8 Å². The molecule has 0 bridgehead atoms. The van der Waals surface area contributed by atoms with Gasteiger partial charge in [0, 0.05) is 13.2 Å². The predicted molar refractivity (Wildman–Crippen MR) is 53.3 cm³/mol. The van der Waals surface area contributed by atoms with Crippen LogP contribution in [-0.2, 0) is 9.53 Å². The van der Waals surface area contributed by atoms with E-state index in [1.165, 1.54) is 0 Å². The van der Waals surface area contributed by atoms with Crippen molar-refractivity contribution in [3.05, 3.63) is 0 Å². The molecule has 0 atom stereocenters. The molecule has 0 unspecified atom stereocenters. The summed E-state index contributed by atoms with van der Waals surface area (Å²) >= 11 is 0. The first-order chi connectivity index (χ1) is 6.57. The quantitative estimate of drug-likeness (QED) is 0.600. The monoisotopic (exact) mass is 201 g/mol. The summed E-state index contributed by atoms with van der Waals surface area (Å²) in [6.45, 7) is 6.13. The van der Waals surface area contributed by atoms with Crippen molar-refractivity contribution >= 4 is 5.97 Å². The van der Waals surface area contributed by atoms with E-state index in [9.17, 15) is 4.79 Å². The molecule has 82 valence electrons. The number of ether oxygens (including phenoxy) is 1. The van der Waals surface area contributed by atoms with Crippen LogP contribution in [0.4, 0.5) is 0 Å². The first-order valence-electron chi connectivity index (χ1n) is 5.13. The van der Waals surface area contributed by atoms with Crippen molar-refractivity contribution in [2.24, 2.45) is 5.92 Å². The molecular weight excluding hydrogens is 182 g/mol. The van der Waals surface area contributed by atoms with Gasteiger partial charge in [-0.15, -0.1) is 0 Å². The third-order valence-electron chi connectivity index (χ3n) is 2.32. The molecule has 0 aromatic carbocycles. The van der Waals surface area contributed by atoms with Crippen LogP contribution in [0.2, 0.25) is 0 Å². The van der Waals surface area contributed by atoms with Crippen molar-refractivity contribution in [3.63, 3.8) is 0 Å². The van der Waals surface area contributed by atoms with Gasteiger partial charge in [0.15, 0.2) is 0 Å². The zero-order valence-corrected chi connectivity index (χ0v) is 8.88. The van der Waals surface area contributed by atoms with Gasteiger partial charge in [-0.2, -0.15) is 0 Å². The summed E-state index contributed by atoms with van der Waals surface area (Å²) in [5.74, 6) is -0.203. The van der Waals surface area contributed by atoms with E-state index in [1.54, 1.807) is 0 Å². The smallest absolute Gasteiger partial charge is 0.323 e. The fourth-order valence-corrected chi connectivity index (χ4v) is 1.27. The van der Waals surface area contributed by atoms with Crippen LogP contribution in [0.3, 0.4) is 0 Å². The van der Waals surface area contributed by atoms with Gasteiger partial charge in [0.05, 0.1) is 6.61 Å². The molecule has 2 N–H and O–H groups in total. The largest absolute Gasteiger partial charge is 0.480 e. The Morgan fingerprint density at radius 3 is 2.64 bits per heavy atom. The number of hydrogen-bond donors (Lipinski definition) is 2. The highest BCUT2D eigenvalue weighted by molar-refractivity contribution is 5.82. The number of aliphatic carboxylic acids is 1. The normalized spacial score (nSPS) is 18.5. The summed E-state index contributed by atoms with van der Waals surface area (Å²) in [5, 5.41) is 11.9. The van der Waals surface area contributed by atoms with Gasteiger partial charge < -0.3 is 9.84 Å². The van der Waals surface area contributed by atoms with E-state index in [-0.39, 0.29) is 0 Å². The molecule has 0 amide bonds. The van der Waals surface area contributed by atoms with Crippen molar-refractivity contribution in [2.75, 3.05) is 19.8 Å². The van der Waals surface area contributed by atoms with Gasteiger partial charge in [-0.25, -0.2) is 0 Å². The average Bonchev–Trinajstić information content (AvgIpc) is 2.84. The van der Waals surface area contributed by atoms with Crippen molar-refractivity contribution in [3.8, 4) is 0 Å². The molecule has 4 heteroatoms. The van der Waals surface area contributed by atoms with E-state index in [1.807, 2.05) is 0 Å². The number of nitrogens with one attached hydrogen (secondary N) is 1. The maximum absolute atomic E-state index is 10.8. The number of carboxylic acid groups (broad SMARTS) is 1. The summed E-state index contributed by atoms with van der Waals surface area (Å²) in [6.07, 6.45) is 1.49. The molecule has 0 spiro atoms. The first kappa shape index (κ1) is 11.5. The molecule has 0 aliphatic heterocycles. The fourth-order valence-electron chi connectivity index (χ4n) is 1.27. The molecule has 1 fully saturated rings. The fraction of sp³-hybridized carbons (Fsp3) is 0.900. The Bertz CT molecular complexity index is 200. The number of rotatable bonds is 7. The second-order valence-corrected chi connectivity index (χ2v) is 4.28. The highest BCUT2D eigenvalue weighted by atomic mass is 16.5. The van der Waals surface area contributed by atoms with Gasteiger partial charge in [0.1, 0.15) is 5.54 Å². The minimum Gasteiger partial charge on any atom is -0.480 e. The van der Waals surface area contributed by atoms with Crippen molar-refractivity contribution in [2.45, 2.75) is 32.2 Å². The van der Waals surface area contributed by atoms with Gasteiger partial charge in [0.2, 0.25) is 0 Å². The van der Waals surface area contributed by atoms with Crippen LogP contribution in [-0.4, -0.2) is 36.4 Å². The minimum absolute atomic E-state index is 0.532. The second-order valence-electron chi connectivity index (χ2n) is 4.28. The maximum atomic E-state index is 10.8. The molecule has 0 aromatic rings. The molecule has 4 nitrogen and oxygen atoms in total. The van der Waals surface area contributed by atoms with Crippen LogP contribution in [0.15, 0.2) is 0 Å². The number of carboxylic acids is 1. The lowest BCUT2D eigenvalue weighted by Gasteiger charge is -2.12. The highest BCUT2D eigenvalue weighted by Crippen LogP contribution is 2.35. The van der Waals surface area contributed by atoms with Gasteiger partial charge >= 0.3 is 5.97 Å². The zero-order chi connectivity index (χ0) is 10.6. The predicted octanol–water partition coefficient (Wildman–Crippen LogP) is 0.866. The maximum Gasteiger partial charge on any atom is 0.323 e. The van der Waals surface area contributed by atoms with E-state index < -0.39 is 11.5 Å². The molecule has 0 saturated heterocycles. The van der Waals surface area contributed by atoms with Crippen molar-refractivity contribution < 1.29 is 14.6 Å².